The van der Waals surface area contributed by atoms with Crippen LogP contribution in [0.25, 0.3) is 11.1 Å². The number of hydrogen-bond donors (Lipinski definition) is 2. The van der Waals surface area contributed by atoms with Crippen LogP contribution < -0.4 is 15.2 Å². The summed E-state index contributed by atoms with van der Waals surface area (Å²) in [7, 11) is 1.68. The lowest BCUT2D eigenvalue weighted by Gasteiger charge is -2.16. The number of nitrogens with two attached hydrogens (primary N) is 1. The molecule has 0 amide bonds. The molecule has 4 rings (SSSR count). The van der Waals surface area contributed by atoms with Crippen molar-refractivity contribution < 1.29 is 24.1 Å². The first-order valence-electron chi connectivity index (χ1n) is 14.2. The van der Waals surface area contributed by atoms with Crippen molar-refractivity contribution in [2.24, 2.45) is 5.73 Å². The lowest BCUT2D eigenvalue weighted by atomic mass is 9.90. The number of rotatable bonds is 15. The molecule has 6 nitrogen and oxygen atoms in total. The topological polar surface area (TPSA) is 91.0 Å². The minimum Gasteiger partial charge on any atom is -0.490 e. The predicted molar refractivity (Wildman–Crippen MR) is 173 cm³/mol. The van der Waals surface area contributed by atoms with Crippen molar-refractivity contribution in [2.75, 3.05) is 26.9 Å². The molecule has 0 saturated heterocycles. The van der Waals surface area contributed by atoms with Crippen LogP contribution in [0.1, 0.15) is 39.0 Å². The average molecular weight is 623 g/mol. The molecule has 0 fully saturated rings. The van der Waals surface area contributed by atoms with Gasteiger partial charge in [0.1, 0.15) is 19.0 Å². The highest BCUT2D eigenvalue weighted by Crippen LogP contribution is 2.34. The van der Waals surface area contributed by atoms with Gasteiger partial charge in [-0.2, -0.15) is 0 Å². The maximum Gasteiger partial charge on any atom is 0.336 e. The molecule has 8 heteroatoms. The van der Waals surface area contributed by atoms with E-state index in [1.165, 1.54) is 0 Å². The van der Waals surface area contributed by atoms with Crippen molar-refractivity contribution in [3.8, 4) is 22.6 Å². The van der Waals surface area contributed by atoms with Gasteiger partial charge in [-0.25, -0.2) is 4.79 Å². The Hall–Kier alpha value is -3.55. The number of hydrogen-bond acceptors (Lipinski definition) is 5. The lowest BCUT2D eigenvalue weighted by molar-refractivity contribution is 0.0697. The van der Waals surface area contributed by atoms with Gasteiger partial charge in [-0.05, 0) is 96.3 Å². The Bertz CT molecular complexity index is 1500. The molecule has 0 aliphatic heterocycles. The second-order valence-corrected chi connectivity index (χ2v) is 11.3. The van der Waals surface area contributed by atoms with Gasteiger partial charge in [-0.15, -0.1) is 0 Å². The minimum atomic E-state index is -0.955. The summed E-state index contributed by atoms with van der Waals surface area (Å²) < 4.78 is 16.7. The Labute approximate surface area is 263 Å². The number of aryl methyl sites for hydroxylation is 2. The fraction of sp³-hybridized carbons (Fsp3) is 0.286. The van der Waals surface area contributed by atoms with Gasteiger partial charge in [0.25, 0.3) is 0 Å². The van der Waals surface area contributed by atoms with Crippen LogP contribution in [0.3, 0.4) is 0 Å². The number of aromatic carboxylic acids is 1. The van der Waals surface area contributed by atoms with Gasteiger partial charge in [0, 0.05) is 19.8 Å². The smallest absolute Gasteiger partial charge is 0.336 e. The minimum absolute atomic E-state index is 0.182. The maximum atomic E-state index is 12.3. The van der Waals surface area contributed by atoms with Gasteiger partial charge < -0.3 is 25.1 Å². The van der Waals surface area contributed by atoms with E-state index < -0.39 is 5.97 Å². The molecule has 0 aliphatic carbocycles. The Kier molecular flexibility index (Phi) is 11.9. The number of benzene rings is 4. The number of ether oxygens (including phenoxy) is 3. The average Bonchev–Trinajstić information content (AvgIpc) is 2.97. The Morgan fingerprint density at radius 1 is 0.837 bits per heavy atom. The number of carboxylic acid groups (broad SMARTS) is 1. The summed E-state index contributed by atoms with van der Waals surface area (Å²) in [5.74, 6) is 0.212. The quantitative estimate of drug-likeness (QED) is 0.131. The van der Waals surface area contributed by atoms with Gasteiger partial charge in [-0.1, -0.05) is 71.7 Å². The van der Waals surface area contributed by atoms with E-state index >= 15 is 0 Å². The van der Waals surface area contributed by atoms with Gasteiger partial charge >= 0.3 is 5.97 Å². The highest BCUT2D eigenvalue weighted by Gasteiger charge is 2.17. The zero-order chi connectivity index (χ0) is 30.8. The van der Waals surface area contributed by atoms with Crippen molar-refractivity contribution in [1.82, 2.24) is 0 Å². The third-order valence-electron chi connectivity index (χ3n) is 7.08. The van der Waals surface area contributed by atoms with E-state index in [0.29, 0.717) is 59.8 Å². The van der Waals surface area contributed by atoms with E-state index in [1.54, 1.807) is 25.3 Å². The predicted octanol–water partition coefficient (Wildman–Crippen LogP) is 7.82. The van der Waals surface area contributed by atoms with E-state index in [4.69, 9.17) is 43.1 Å². The Morgan fingerprint density at radius 2 is 1.49 bits per heavy atom. The summed E-state index contributed by atoms with van der Waals surface area (Å²) in [4.78, 5) is 12.3. The van der Waals surface area contributed by atoms with Crippen molar-refractivity contribution in [3.05, 3.63) is 117 Å². The second kappa shape index (κ2) is 15.8. The molecule has 0 radical (unpaired) electrons. The summed E-state index contributed by atoms with van der Waals surface area (Å²) in [5.41, 5.74) is 12.4. The molecule has 226 valence electrons. The molecule has 4 aromatic rings. The van der Waals surface area contributed by atoms with Crippen LogP contribution in [-0.2, 0) is 24.0 Å². The van der Waals surface area contributed by atoms with Gasteiger partial charge in [0.15, 0.2) is 5.75 Å². The highest BCUT2D eigenvalue weighted by molar-refractivity contribution is 6.37. The van der Waals surface area contributed by atoms with E-state index in [2.05, 4.69) is 0 Å². The van der Waals surface area contributed by atoms with Crippen molar-refractivity contribution in [3.63, 3.8) is 0 Å². The van der Waals surface area contributed by atoms with Crippen molar-refractivity contribution in [2.45, 2.75) is 38.6 Å². The summed E-state index contributed by atoms with van der Waals surface area (Å²) in [6, 6.07) is 24.7. The molecule has 4 aromatic carbocycles. The summed E-state index contributed by atoms with van der Waals surface area (Å²) in [5, 5.41) is 11.0. The van der Waals surface area contributed by atoms with Crippen LogP contribution >= 0.6 is 23.2 Å². The summed E-state index contributed by atoms with van der Waals surface area (Å²) in [6.07, 6.45) is 2.86. The maximum absolute atomic E-state index is 12.3. The van der Waals surface area contributed by atoms with Crippen LogP contribution in [0.4, 0.5) is 0 Å². The number of carbonyl (C=O) groups is 1. The van der Waals surface area contributed by atoms with Gasteiger partial charge in [0.2, 0.25) is 0 Å². The molecule has 0 spiro atoms. The van der Waals surface area contributed by atoms with E-state index in [-0.39, 0.29) is 11.6 Å². The van der Waals surface area contributed by atoms with E-state index in [1.807, 2.05) is 67.6 Å². The molecule has 0 bridgehead atoms. The number of methoxy groups -OCH3 is 1. The highest BCUT2D eigenvalue weighted by atomic mass is 35.5. The molecular weight excluding hydrogens is 585 g/mol. The molecule has 0 aromatic heterocycles. The molecule has 1 atom stereocenters. The van der Waals surface area contributed by atoms with Crippen LogP contribution in [0.15, 0.2) is 78.9 Å². The zero-order valence-electron chi connectivity index (χ0n) is 24.4. The molecule has 0 heterocycles. The van der Waals surface area contributed by atoms with Crippen molar-refractivity contribution in [1.29, 1.82) is 0 Å². The molecule has 1 unspecified atom stereocenters. The second-order valence-electron chi connectivity index (χ2n) is 10.5. The number of carboxylic acids is 1. The Morgan fingerprint density at radius 3 is 2.19 bits per heavy atom. The van der Waals surface area contributed by atoms with Gasteiger partial charge in [0.05, 0.1) is 15.6 Å². The van der Waals surface area contributed by atoms with Gasteiger partial charge in [-0.3, -0.25) is 0 Å². The molecule has 0 saturated carbocycles. The molecule has 3 N–H and O–H groups in total. The number of halogens is 2. The first-order chi connectivity index (χ1) is 20.7. The summed E-state index contributed by atoms with van der Waals surface area (Å²) >= 11 is 12.5. The first-order valence-corrected chi connectivity index (χ1v) is 15.0. The monoisotopic (exact) mass is 621 g/mol. The third-order valence-corrected chi connectivity index (χ3v) is 7.64. The van der Waals surface area contributed by atoms with Crippen LogP contribution in [-0.4, -0.2) is 44.0 Å². The lowest BCUT2D eigenvalue weighted by Crippen LogP contribution is -2.25. The van der Waals surface area contributed by atoms with Crippen LogP contribution in [0.2, 0.25) is 10.0 Å². The summed E-state index contributed by atoms with van der Waals surface area (Å²) in [6.45, 7) is 3.20. The fourth-order valence-electron chi connectivity index (χ4n) is 5.07. The third kappa shape index (κ3) is 9.22. The van der Waals surface area contributed by atoms with Crippen LogP contribution in [0.5, 0.6) is 11.5 Å². The standard InChI is InChI=1S/C35H37Cl2NO5/c1-23-18-32(36)34(33(37)19-23)43-17-16-42-28-12-9-24(10-13-28)20-27(38)21-25-11-14-30(31(22-25)35(39)40)29-8-4-3-6-26(29)7-5-15-41-2/h3-4,6,8-14,18-19,22,27H,5,7,15-17,20-21,38H2,1-2H3,(H,39,40). The molecule has 43 heavy (non-hydrogen) atoms. The van der Waals surface area contributed by atoms with Crippen LogP contribution in [0, 0.1) is 6.92 Å². The fourth-order valence-corrected chi connectivity index (χ4v) is 5.77. The van der Waals surface area contributed by atoms with Crippen molar-refractivity contribution >= 4 is 29.2 Å². The molecule has 0 aliphatic rings. The first kappa shape index (κ1) is 32.4. The Balaban J connectivity index is 1.33. The largest absolute Gasteiger partial charge is 0.490 e. The zero-order valence-corrected chi connectivity index (χ0v) is 26.0. The SMILES string of the molecule is COCCCc1ccccc1-c1ccc(CC(N)Cc2ccc(OCCOc3c(Cl)cc(C)cc3Cl)cc2)cc1C(=O)O. The molecular formula is C35H37Cl2NO5. The van der Waals surface area contributed by atoms with E-state index in [9.17, 15) is 9.90 Å². The normalized spacial score (nSPS) is 11.7. The van der Waals surface area contributed by atoms with E-state index in [0.717, 1.165) is 40.7 Å².